The van der Waals surface area contributed by atoms with E-state index in [0.717, 1.165) is 42.7 Å². The molecule has 2 heterocycles. The first kappa shape index (κ1) is 23.5. The molecule has 2 aliphatic rings. The number of fused-ring (bicyclic) bond motifs is 2. The fraction of sp³-hybridized carbons (Fsp3) is 0.333. The summed E-state index contributed by atoms with van der Waals surface area (Å²) >= 11 is 1.84. The largest absolute Gasteiger partial charge is 0.490 e. The van der Waals surface area contributed by atoms with E-state index in [1.54, 1.807) is 12.1 Å². The van der Waals surface area contributed by atoms with Gasteiger partial charge in [0, 0.05) is 41.1 Å². The number of ether oxygens (including phenoxy) is 1. The molecular weight excluding hydrogens is 452 g/mol. The van der Waals surface area contributed by atoms with Gasteiger partial charge in [-0.1, -0.05) is 35.9 Å². The van der Waals surface area contributed by atoms with Crippen LogP contribution >= 0.6 is 11.8 Å². The Bertz CT molecular complexity index is 1250. The maximum absolute atomic E-state index is 13.4. The van der Waals surface area contributed by atoms with Gasteiger partial charge in [-0.3, -0.25) is 4.79 Å². The molecule has 0 spiro atoms. The highest BCUT2D eigenvalue weighted by atomic mass is 32.2. The minimum atomic E-state index is 0.0787. The Balaban J connectivity index is 1.20. The van der Waals surface area contributed by atoms with Crippen molar-refractivity contribution in [2.45, 2.75) is 68.4 Å². The summed E-state index contributed by atoms with van der Waals surface area (Å²) in [5.74, 6) is 1.76. The summed E-state index contributed by atoms with van der Waals surface area (Å²) in [6.45, 7) is 4.27. The Morgan fingerprint density at radius 3 is 2.49 bits per heavy atom. The van der Waals surface area contributed by atoms with E-state index in [9.17, 15) is 4.79 Å². The molecule has 0 unspecified atom stereocenters. The van der Waals surface area contributed by atoms with Gasteiger partial charge in [0.2, 0.25) is 0 Å². The van der Waals surface area contributed by atoms with Crippen molar-refractivity contribution in [1.29, 1.82) is 5.26 Å². The predicted molar refractivity (Wildman–Crippen MR) is 140 cm³/mol. The SMILES string of the molecule is Cc1ccc(C)c(SCc2ccc(C(=O)N3[C@H]4CC[C@H]3CC(Oc3cccc(C#N)c3)C4)cc2)c1. The third-order valence-electron chi connectivity index (χ3n) is 7.13. The number of benzene rings is 3. The van der Waals surface area contributed by atoms with Crippen molar-refractivity contribution in [3.63, 3.8) is 0 Å². The quantitative estimate of drug-likeness (QED) is 0.368. The van der Waals surface area contributed by atoms with E-state index in [0.29, 0.717) is 5.56 Å². The third-order valence-corrected chi connectivity index (χ3v) is 8.36. The lowest BCUT2D eigenvalue weighted by Gasteiger charge is -2.39. The lowest BCUT2D eigenvalue weighted by atomic mass is 9.98. The summed E-state index contributed by atoms with van der Waals surface area (Å²) in [4.78, 5) is 16.8. The molecule has 4 nitrogen and oxygen atoms in total. The molecule has 0 saturated carbocycles. The lowest BCUT2D eigenvalue weighted by molar-refractivity contribution is 0.0359. The summed E-state index contributed by atoms with van der Waals surface area (Å²) < 4.78 is 6.22. The van der Waals surface area contributed by atoms with E-state index in [4.69, 9.17) is 10.00 Å². The maximum Gasteiger partial charge on any atom is 0.254 e. The van der Waals surface area contributed by atoms with Crippen LogP contribution in [0, 0.1) is 25.2 Å². The van der Waals surface area contributed by atoms with Gasteiger partial charge in [0.1, 0.15) is 11.9 Å². The fourth-order valence-electron chi connectivity index (χ4n) is 5.30. The smallest absolute Gasteiger partial charge is 0.254 e. The van der Waals surface area contributed by atoms with Crippen molar-refractivity contribution in [2.24, 2.45) is 0 Å². The highest BCUT2D eigenvalue weighted by Crippen LogP contribution is 2.38. The zero-order valence-electron chi connectivity index (χ0n) is 20.2. The summed E-state index contributed by atoms with van der Waals surface area (Å²) in [7, 11) is 0. The van der Waals surface area contributed by atoms with E-state index < -0.39 is 0 Å². The summed E-state index contributed by atoms with van der Waals surface area (Å²) in [5.41, 5.74) is 5.17. The Hall–Kier alpha value is -3.23. The normalized spacial score (nSPS) is 20.9. The van der Waals surface area contributed by atoms with E-state index in [1.165, 1.54) is 21.6 Å². The molecule has 35 heavy (non-hydrogen) atoms. The van der Waals surface area contributed by atoms with E-state index in [1.807, 2.05) is 36.0 Å². The van der Waals surface area contributed by atoms with Gasteiger partial charge in [0.25, 0.3) is 5.91 Å². The van der Waals surface area contributed by atoms with Gasteiger partial charge in [-0.2, -0.15) is 5.26 Å². The molecule has 1 amide bonds. The Labute approximate surface area is 211 Å². The van der Waals surface area contributed by atoms with Gasteiger partial charge < -0.3 is 9.64 Å². The van der Waals surface area contributed by atoms with E-state index >= 15 is 0 Å². The monoisotopic (exact) mass is 482 g/mol. The first-order chi connectivity index (χ1) is 17.0. The minimum absolute atomic E-state index is 0.0787. The molecule has 2 aliphatic heterocycles. The molecular formula is C30H30N2O2S. The number of carbonyl (C=O) groups is 1. The van der Waals surface area contributed by atoms with Crippen molar-refractivity contribution in [3.05, 3.63) is 94.5 Å². The van der Waals surface area contributed by atoms with E-state index in [2.05, 4.69) is 55.1 Å². The number of thioether (sulfide) groups is 1. The molecule has 0 N–H and O–H groups in total. The standard InChI is InChI=1S/C30H30N2O2S/c1-20-6-7-21(2)29(14-20)35-19-22-8-10-24(11-9-22)30(33)32-25-12-13-26(32)17-28(16-25)34-27-5-3-4-23(15-27)18-31/h3-11,14-15,25-26,28H,12-13,16-17,19H2,1-2H3/t25-,26-/m0/s1. The van der Waals surface area contributed by atoms with Crippen molar-refractivity contribution >= 4 is 17.7 Å². The fourth-order valence-corrected chi connectivity index (χ4v) is 6.38. The number of hydrogen-bond donors (Lipinski definition) is 0. The van der Waals surface area contributed by atoms with Crippen LogP contribution in [-0.4, -0.2) is 29.0 Å². The molecule has 0 aromatic heterocycles. The van der Waals surface area contributed by atoms with Crippen LogP contribution in [0.4, 0.5) is 0 Å². The molecule has 2 bridgehead atoms. The van der Waals surface area contributed by atoms with Crippen molar-refractivity contribution in [3.8, 4) is 11.8 Å². The number of amides is 1. The van der Waals surface area contributed by atoms with Crippen molar-refractivity contribution in [1.82, 2.24) is 4.90 Å². The number of nitrogens with zero attached hydrogens (tertiary/aromatic N) is 2. The van der Waals surface area contributed by atoms with Gasteiger partial charge in [-0.15, -0.1) is 11.8 Å². The average molecular weight is 483 g/mol. The molecule has 3 aromatic carbocycles. The Morgan fingerprint density at radius 2 is 1.77 bits per heavy atom. The van der Waals surface area contributed by atoms with Crippen LogP contribution in [0.1, 0.15) is 58.3 Å². The third kappa shape index (κ3) is 5.23. The van der Waals surface area contributed by atoms with Gasteiger partial charge in [0.15, 0.2) is 0 Å². The highest BCUT2D eigenvalue weighted by molar-refractivity contribution is 7.98. The van der Waals surface area contributed by atoms with Gasteiger partial charge in [-0.25, -0.2) is 0 Å². The number of piperidine rings is 1. The molecule has 2 atom stereocenters. The van der Waals surface area contributed by atoms with Crippen molar-refractivity contribution in [2.75, 3.05) is 0 Å². The molecule has 0 radical (unpaired) electrons. The van der Waals surface area contributed by atoms with E-state index in [-0.39, 0.29) is 24.1 Å². The van der Waals surface area contributed by atoms with Crippen LogP contribution < -0.4 is 4.74 Å². The Morgan fingerprint density at radius 1 is 1.03 bits per heavy atom. The average Bonchev–Trinajstić information content (AvgIpc) is 3.14. The zero-order valence-corrected chi connectivity index (χ0v) is 21.1. The molecule has 178 valence electrons. The van der Waals surface area contributed by atoms with Gasteiger partial charge >= 0.3 is 0 Å². The highest BCUT2D eigenvalue weighted by Gasteiger charge is 2.44. The van der Waals surface area contributed by atoms with Gasteiger partial charge in [0.05, 0.1) is 11.6 Å². The Kier molecular flexibility index (Phi) is 6.83. The number of nitriles is 1. The molecule has 3 aromatic rings. The summed E-state index contributed by atoms with van der Waals surface area (Å²) in [6.07, 6.45) is 3.81. The van der Waals surface area contributed by atoms with Crippen LogP contribution in [0.15, 0.2) is 71.6 Å². The summed E-state index contributed by atoms with van der Waals surface area (Å²) in [5, 5.41) is 9.14. The molecule has 5 heteroatoms. The lowest BCUT2D eigenvalue weighted by Crippen LogP contribution is -2.49. The maximum atomic E-state index is 13.4. The van der Waals surface area contributed by atoms with Crippen LogP contribution in [-0.2, 0) is 5.75 Å². The minimum Gasteiger partial charge on any atom is -0.490 e. The predicted octanol–water partition coefficient (Wildman–Crippen LogP) is 6.68. The van der Waals surface area contributed by atoms with Crippen LogP contribution in [0.25, 0.3) is 0 Å². The first-order valence-electron chi connectivity index (χ1n) is 12.3. The molecule has 2 fully saturated rings. The van der Waals surface area contributed by atoms with Crippen molar-refractivity contribution < 1.29 is 9.53 Å². The second-order valence-electron chi connectivity index (χ2n) is 9.70. The van der Waals surface area contributed by atoms with Crippen LogP contribution in [0.3, 0.4) is 0 Å². The van der Waals surface area contributed by atoms with Crippen LogP contribution in [0.2, 0.25) is 0 Å². The number of carbonyl (C=O) groups excluding carboxylic acids is 1. The second kappa shape index (κ2) is 10.2. The number of aryl methyl sites for hydroxylation is 2. The second-order valence-corrected chi connectivity index (χ2v) is 10.7. The molecule has 0 aliphatic carbocycles. The van der Waals surface area contributed by atoms with Gasteiger partial charge in [-0.05, 0) is 74.2 Å². The first-order valence-corrected chi connectivity index (χ1v) is 13.3. The summed E-state index contributed by atoms with van der Waals surface area (Å²) in [6, 6.07) is 24.6. The number of rotatable bonds is 6. The number of hydrogen-bond acceptors (Lipinski definition) is 4. The zero-order chi connectivity index (χ0) is 24.4. The molecule has 2 saturated heterocycles. The molecule has 5 rings (SSSR count). The van der Waals surface area contributed by atoms with Crippen LogP contribution in [0.5, 0.6) is 5.75 Å². The topological polar surface area (TPSA) is 53.3 Å².